The maximum atomic E-state index is 13.3. The highest BCUT2D eigenvalue weighted by molar-refractivity contribution is 8.26. The summed E-state index contributed by atoms with van der Waals surface area (Å²) in [6.07, 6.45) is -3.04. The van der Waals surface area contributed by atoms with Gasteiger partial charge in [0.2, 0.25) is 5.91 Å². The first-order valence-corrected chi connectivity index (χ1v) is 11.1. The van der Waals surface area contributed by atoms with Gasteiger partial charge in [0, 0.05) is 17.8 Å². The number of hydrogen-bond donors (Lipinski definition) is 1. The maximum absolute atomic E-state index is 13.3. The fraction of sp³-hybridized carbons (Fsp3) is 0.130. The van der Waals surface area contributed by atoms with Gasteiger partial charge in [-0.2, -0.15) is 13.2 Å². The van der Waals surface area contributed by atoms with Gasteiger partial charge in [0.1, 0.15) is 10.9 Å². The van der Waals surface area contributed by atoms with E-state index in [0.29, 0.717) is 15.6 Å². The number of anilines is 2. The number of carbonyl (C=O) groups excluding carboxylic acids is 3. The Morgan fingerprint density at radius 2 is 1.82 bits per heavy atom. The Morgan fingerprint density at radius 1 is 1.09 bits per heavy atom. The Kier molecular flexibility index (Phi) is 6.32. The van der Waals surface area contributed by atoms with E-state index in [-0.39, 0.29) is 22.7 Å². The predicted octanol–water partition coefficient (Wildman–Crippen LogP) is 4.45. The van der Waals surface area contributed by atoms with Crippen molar-refractivity contribution in [1.82, 2.24) is 4.90 Å². The second-order valence-electron chi connectivity index (χ2n) is 7.31. The molecule has 0 atom stereocenters. The largest absolute Gasteiger partial charge is 0.416 e. The van der Waals surface area contributed by atoms with Crippen LogP contribution in [0.3, 0.4) is 0 Å². The van der Waals surface area contributed by atoms with Crippen molar-refractivity contribution < 1.29 is 27.6 Å². The molecule has 2 heterocycles. The van der Waals surface area contributed by atoms with Crippen molar-refractivity contribution in [2.45, 2.75) is 6.18 Å². The molecule has 2 aromatic carbocycles. The highest BCUT2D eigenvalue weighted by atomic mass is 32.2. The van der Waals surface area contributed by atoms with Crippen LogP contribution in [0, 0.1) is 0 Å². The molecule has 2 aliphatic heterocycles. The predicted molar refractivity (Wildman–Crippen MR) is 128 cm³/mol. The van der Waals surface area contributed by atoms with Gasteiger partial charge in [0.05, 0.1) is 21.7 Å². The number of fused-ring (bicyclic) bond motifs is 1. The highest BCUT2D eigenvalue weighted by Gasteiger charge is 2.42. The van der Waals surface area contributed by atoms with Crippen LogP contribution in [0.5, 0.6) is 0 Å². The summed E-state index contributed by atoms with van der Waals surface area (Å²) in [5.74, 6) is -1.69. The van der Waals surface area contributed by atoms with Crippen molar-refractivity contribution in [2.75, 3.05) is 23.3 Å². The minimum Gasteiger partial charge on any atom is -0.325 e. The minimum absolute atomic E-state index is 0.0507. The van der Waals surface area contributed by atoms with Gasteiger partial charge < -0.3 is 5.32 Å². The highest BCUT2D eigenvalue weighted by Crippen LogP contribution is 2.44. The number of para-hydroxylation sites is 1. The zero-order chi connectivity index (χ0) is 24.6. The number of nitrogens with one attached hydrogen (secondary N) is 1. The monoisotopic (exact) mass is 503 g/mol. The number of nitrogens with zero attached hydrogens (tertiary/aromatic N) is 2. The van der Waals surface area contributed by atoms with Gasteiger partial charge in [0.15, 0.2) is 0 Å². The normalized spacial score (nSPS) is 17.9. The zero-order valence-electron chi connectivity index (χ0n) is 17.4. The molecule has 0 bridgehead atoms. The molecular weight excluding hydrogens is 487 g/mol. The molecule has 3 amide bonds. The lowest BCUT2D eigenvalue weighted by Crippen LogP contribution is -2.35. The van der Waals surface area contributed by atoms with E-state index in [1.807, 2.05) is 0 Å². The number of benzene rings is 2. The van der Waals surface area contributed by atoms with E-state index in [4.69, 9.17) is 12.2 Å². The van der Waals surface area contributed by atoms with E-state index in [0.717, 1.165) is 23.9 Å². The second-order valence-corrected chi connectivity index (χ2v) is 8.96. The van der Waals surface area contributed by atoms with E-state index in [9.17, 15) is 27.6 Å². The smallest absolute Gasteiger partial charge is 0.325 e. The summed E-state index contributed by atoms with van der Waals surface area (Å²) < 4.78 is 39.2. The van der Waals surface area contributed by atoms with Gasteiger partial charge in [0.25, 0.3) is 11.8 Å². The number of thiocarbonyl (C=S) groups is 1. The Bertz CT molecular complexity index is 1270. The molecule has 2 aliphatic rings. The molecule has 1 saturated heterocycles. The first-order chi connectivity index (χ1) is 16.1. The van der Waals surface area contributed by atoms with Crippen LogP contribution in [-0.4, -0.2) is 40.0 Å². The van der Waals surface area contributed by atoms with Crippen LogP contribution in [0.4, 0.5) is 24.5 Å². The topological polar surface area (TPSA) is 69.7 Å². The van der Waals surface area contributed by atoms with E-state index in [1.54, 1.807) is 24.3 Å². The van der Waals surface area contributed by atoms with Gasteiger partial charge in [-0.3, -0.25) is 24.2 Å². The summed E-state index contributed by atoms with van der Waals surface area (Å²) in [6, 6.07) is 10.9. The number of alkyl halides is 3. The Hall–Kier alpha value is -3.44. The lowest BCUT2D eigenvalue weighted by atomic mass is 10.1. The number of rotatable bonds is 5. The van der Waals surface area contributed by atoms with Crippen molar-refractivity contribution >= 4 is 63.0 Å². The summed E-state index contributed by atoms with van der Waals surface area (Å²) in [7, 11) is 0. The van der Waals surface area contributed by atoms with Gasteiger partial charge in [-0.05, 0) is 24.3 Å². The average Bonchev–Trinajstić information content (AvgIpc) is 3.21. The molecule has 0 aliphatic carbocycles. The van der Waals surface area contributed by atoms with E-state index >= 15 is 0 Å². The molecule has 0 saturated carbocycles. The third kappa shape index (κ3) is 4.36. The summed E-state index contributed by atoms with van der Waals surface area (Å²) in [5.41, 5.74) is 0.0579. The molecule has 11 heteroatoms. The molecule has 34 heavy (non-hydrogen) atoms. The summed E-state index contributed by atoms with van der Waals surface area (Å²) in [6.45, 7) is 3.34. The SMILES string of the molecule is C=CCN1C(=O)/C(=C2/C(=O)N(CC(=O)Nc3cccc(C(F)(F)F)c3)c3ccccc32)SC1=S. The maximum Gasteiger partial charge on any atom is 0.416 e. The average molecular weight is 504 g/mol. The Morgan fingerprint density at radius 3 is 2.53 bits per heavy atom. The van der Waals surface area contributed by atoms with Crippen LogP contribution >= 0.6 is 24.0 Å². The van der Waals surface area contributed by atoms with E-state index in [2.05, 4.69) is 11.9 Å². The fourth-order valence-corrected chi connectivity index (χ4v) is 4.96. The van der Waals surface area contributed by atoms with Crippen molar-refractivity contribution in [3.63, 3.8) is 0 Å². The van der Waals surface area contributed by atoms with Crippen LogP contribution in [0.15, 0.2) is 66.1 Å². The third-order valence-electron chi connectivity index (χ3n) is 5.09. The fourth-order valence-electron chi connectivity index (χ4n) is 3.61. The van der Waals surface area contributed by atoms with Crippen LogP contribution in [-0.2, 0) is 20.6 Å². The van der Waals surface area contributed by atoms with Crippen molar-refractivity contribution in [2.24, 2.45) is 0 Å². The number of thioether (sulfide) groups is 1. The van der Waals surface area contributed by atoms with E-state index in [1.165, 1.54) is 28.0 Å². The molecular formula is C23H16F3N3O3S2. The number of carbonyl (C=O) groups is 3. The Labute approximate surface area is 202 Å². The van der Waals surface area contributed by atoms with Crippen LogP contribution in [0.2, 0.25) is 0 Å². The molecule has 6 nitrogen and oxygen atoms in total. The van der Waals surface area contributed by atoms with Crippen molar-refractivity contribution in [3.8, 4) is 0 Å². The van der Waals surface area contributed by atoms with Crippen LogP contribution in [0.1, 0.15) is 11.1 Å². The zero-order valence-corrected chi connectivity index (χ0v) is 19.0. The molecule has 0 unspecified atom stereocenters. The quantitative estimate of drug-likeness (QED) is 0.371. The summed E-state index contributed by atoms with van der Waals surface area (Å²) in [5, 5.41) is 2.40. The molecule has 0 radical (unpaired) electrons. The second kappa shape index (κ2) is 9.07. The molecule has 1 fully saturated rings. The van der Waals surface area contributed by atoms with Crippen LogP contribution < -0.4 is 10.2 Å². The first kappa shape index (κ1) is 23.7. The molecule has 174 valence electrons. The first-order valence-electron chi connectivity index (χ1n) is 9.89. The van der Waals surface area contributed by atoms with Crippen LogP contribution in [0.25, 0.3) is 5.57 Å². The van der Waals surface area contributed by atoms with Gasteiger partial charge in [-0.25, -0.2) is 0 Å². The lowest BCUT2D eigenvalue weighted by molar-refractivity contribution is -0.137. The number of hydrogen-bond acceptors (Lipinski definition) is 5. The summed E-state index contributed by atoms with van der Waals surface area (Å²) in [4.78, 5) is 41.6. The Balaban J connectivity index is 1.62. The van der Waals surface area contributed by atoms with E-state index < -0.39 is 36.0 Å². The lowest BCUT2D eigenvalue weighted by Gasteiger charge is -2.17. The number of amides is 3. The minimum atomic E-state index is -4.56. The third-order valence-corrected chi connectivity index (χ3v) is 6.53. The van der Waals surface area contributed by atoms with Crippen molar-refractivity contribution in [1.29, 1.82) is 0 Å². The molecule has 2 aromatic rings. The van der Waals surface area contributed by atoms with Crippen molar-refractivity contribution in [3.05, 3.63) is 77.2 Å². The van der Waals surface area contributed by atoms with Gasteiger partial charge in [-0.15, -0.1) is 6.58 Å². The molecule has 0 spiro atoms. The molecule has 4 rings (SSSR count). The number of halogens is 3. The molecule has 0 aromatic heterocycles. The standard InChI is InChI=1S/C23H16F3N3O3S2/c1-2-10-28-21(32)19(34-22(28)33)18-15-8-3-4-9-16(15)29(20(18)31)12-17(30)27-14-7-5-6-13(11-14)23(24,25)26/h2-9,11H,1,10,12H2,(H,27,30)/b19-18-. The molecule has 1 N–H and O–H groups in total. The summed E-state index contributed by atoms with van der Waals surface area (Å²) >= 11 is 6.26. The van der Waals surface area contributed by atoms with Gasteiger partial charge >= 0.3 is 6.18 Å². The van der Waals surface area contributed by atoms with Gasteiger partial charge in [-0.1, -0.05) is 54.3 Å².